The monoisotopic (exact) mass is 396 g/mol. The minimum Gasteiger partial charge on any atom is -0.497 e. The fourth-order valence-corrected chi connectivity index (χ4v) is 3.20. The number of methoxy groups -OCH3 is 1. The number of anilines is 1. The lowest BCUT2D eigenvalue weighted by atomic mass is 10.1. The maximum Gasteiger partial charge on any atom is 0.246 e. The van der Waals surface area contributed by atoms with Crippen molar-refractivity contribution in [2.24, 2.45) is 13.0 Å². The van der Waals surface area contributed by atoms with E-state index in [0.717, 1.165) is 5.56 Å². The van der Waals surface area contributed by atoms with Crippen molar-refractivity contribution < 1.29 is 18.8 Å². The number of benzene rings is 1. The Balaban J connectivity index is 1.36. The SMILES string of the molecule is COc1cccc(N2CC(C(=O)NCc3nc(-c4cnn(C)c4)no3)CC2=O)c1. The van der Waals surface area contributed by atoms with Crippen LogP contribution in [0.4, 0.5) is 5.69 Å². The van der Waals surface area contributed by atoms with Gasteiger partial charge >= 0.3 is 0 Å². The quantitative estimate of drug-likeness (QED) is 0.664. The first-order valence-electron chi connectivity index (χ1n) is 9.07. The average molecular weight is 396 g/mol. The Hall–Kier alpha value is -3.69. The molecule has 1 unspecified atom stereocenters. The summed E-state index contributed by atoms with van der Waals surface area (Å²) in [6, 6.07) is 7.21. The summed E-state index contributed by atoms with van der Waals surface area (Å²) in [4.78, 5) is 30.8. The zero-order valence-electron chi connectivity index (χ0n) is 16.0. The predicted octanol–water partition coefficient (Wildman–Crippen LogP) is 1.15. The van der Waals surface area contributed by atoms with E-state index in [4.69, 9.17) is 9.26 Å². The molecule has 1 atom stereocenters. The number of aryl methyl sites for hydroxylation is 1. The number of amides is 2. The highest BCUT2D eigenvalue weighted by Crippen LogP contribution is 2.28. The third-order valence-electron chi connectivity index (χ3n) is 4.71. The molecule has 0 saturated carbocycles. The molecular formula is C19H20N6O4. The van der Waals surface area contributed by atoms with Crippen molar-refractivity contribution in [3.63, 3.8) is 0 Å². The van der Waals surface area contributed by atoms with Crippen molar-refractivity contribution >= 4 is 17.5 Å². The van der Waals surface area contributed by atoms with Crippen LogP contribution in [0.2, 0.25) is 0 Å². The van der Waals surface area contributed by atoms with Gasteiger partial charge in [0, 0.05) is 38.0 Å². The van der Waals surface area contributed by atoms with Crippen LogP contribution in [0.3, 0.4) is 0 Å². The normalized spacial score (nSPS) is 16.3. The van der Waals surface area contributed by atoms with Gasteiger partial charge in [0.1, 0.15) is 5.75 Å². The van der Waals surface area contributed by atoms with Crippen LogP contribution in [0.25, 0.3) is 11.4 Å². The molecule has 1 aliphatic heterocycles. The lowest BCUT2D eigenvalue weighted by Crippen LogP contribution is -2.32. The van der Waals surface area contributed by atoms with Gasteiger partial charge in [-0.25, -0.2) is 0 Å². The van der Waals surface area contributed by atoms with Crippen molar-refractivity contribution in [2.45, 2.75) is 13.0 Å². The van der Waals surface area contributed by atoms with Gasteiger partial charge in [-0.2, -0.15) is 10.1 Å². The molecule has 1 N–H and O–H groups in total. The van der Waals surface area contributed by atoms with Crippen LogP contribution in [-0.4, -0.2) is 45.4 Å². The van der Waals surface area contributed by atoms with Crippen molar-refractivity contribution in [3.8, 4) is 17.1 Å². The van der Waals surface area contributed by atoms with E-state index in [-0.39, 0.29) is 30.7 Å². The molecule has 2 amide bonds. The Morgan fingerprint density at radius 1 is 1.41 bits per heavy atom. The van der Waals surface area contributed by atoms with Crippen LogP contribution >= 0.6 is 0 Å². The highest BCUT2D eigenvalue weighted by Gasteiger charge is 2.35. The number of hydrogen-bond acceptors (Lipinski definition) is 7. The molecule has 1 fully saturated rings. The second-order valence-corrected chi connectivity index (χ2v) is 6.74. The van der Waals surface area contributed by atoms with Gasteiger partial charge in [0.15, 0.2) is 0 Å². The predicted molar refractivity (Wildman–Crippen MR) is 102 cm³/mol. The van der Waals surface area contributed by atoms with Crippen molar-refractivity contribution in [3.05, 3.63) is 42.5 Å². The molecule has 2 aromatic heterocycles. The molecule has 0 spiro atoms. The Morgan fingerprint density at radius 2 is 2.28 bits per heavy atom. The number of nitrogens with zero attached hydrogens (tertiary/aromatic N) is 5. The summed E-state index contributed by atoms with van der Waals surface area (Å²) in [7, 11) is 3.36. The first kappa shape index (κ1) is 18.7. The van der Waals surface area contributed by atoms with E-state index >= 15 is 0 Å². The molecule has 4 rings (SSSR count). The molecule has 3 aromatic rings. The zero-order chi connectivity index (χ0) is 20.4. The molecule has 29 heavy (non-hydrogen) atoms. The maximum atomic E-state index is 12.5. The fourth-order valence-electron chi connectivity index (χ4n) is 3.20. The lowest BCUT2D eigenvalue weighted by Gasteiger charge is -2.17. The number of ether oxygens (including phenoxy) is 1. The maximum absolute atomic E-state index is 12.5. The molecular weight excluding hydrogens is 376 g/mol. The van der Waals surface area contributed by atoms with Crippen LogP contribution in [-0.2, 0) is 23.2 Å². The summed E-state index contributed by atoms with van der Waals surface area (Å²) in [5, 5.41) is 10.7. The first-order chi connectivity index (χ1) is 14.0. The van der Waals surface area contributed by atoms with E-state index in [1.807, 2.05) is 12.1 Å². The van der Waals surface area contributed by atoms with E-state index in [9.17, 15) is 9.59 Å². The van der Waals surface area contributed by atoms with Gasteiger partial charge in [0.2, 0.25) is 23.5 Å². The third kappa shape index (κ3) is 3.96. The standard InChI is InChI=1S/C19H20N6O4/c1-24-10-13(8-21-24)18-22-16(29-23-18)9-20-19(27)12-6-17(26)25(11-12)14-4-3-5-15(7-14)28-2/h3-5,7-8,10,12H,6,9,11H2,1-2H3,(H,20,27). The van der Waals surface area contributed by atoms with Crippen molar-refractivity contribution in [1.82, 2.24) is 25.2 Å². The second kappa shape index (κ2) is 7.74. The molecule has 0 bridgehead atoms. The molecule has 3 heterocycles. The molecule has 1 saturated heterocycles. The zero-order valence-corrected chi connectivity index (χ0v) is 16.0. The summed E-state index contributed by atoms with van der Waals surface area (Å²) in [5.74, 6) is 0.562. The van der Waals surface area contributed by atoms with E-state index in [1.165, 1.54) is 0 Å². The summed E-state index contributed by atoms with van der Waals surface area (Å²) < 4.78 is 12.0. The minimum atomic E-state index is -0.450. The Labute approximate surface area is 166 Å². The minimum absolute atomic E-state index is 0.0932. The van der Waals surface area contributed by atoms with Gasteiger partial charge in [0.05, 0.1) is 31.3 Å². The van der Waals surface area contributed by atoms with Gasteiger partial charge in [-0.05, 0) is 12.1 Å². The fraction of sp³-hybridized carbons (Fsp3) is 0.316. The number of aromatic nitrogens is 4. The highest BCUT2D eigenvalue weighted by atomic mass is 16.5. The molecule has 10 nitrogen and oxygen atoms in total. The number of carbonyl (C=O) groups is 2. The summed E-state index contributed by atoms with van der Waals surface area (Å²) in [6.07, 6.45) is 3.54. The largest absolute Gasteiger partial charge is 0.497 e. The van der Waals surface area contributed by atoms with Gasteiger partial charge in [0.25, 0.3) is 0 Å². The van der Waals surface area contributed by atoms with Crippen LogP contribution in [0.15, 0.2) is 41.2 Å². The molecule has 10 heteroatoms. The van der Waals surface area contributed by atoms with Crippen LogP contribution in [0.5, 0.6) is 5.75 Å². The van der Waals surface area contributed by atoms with Gasteiger partial charge in [-0.1, -0.05) is 11.2 Å². The molecule has 1 aromatic carbocycles. The lowest BCUT2D eigenvalue weighted by molar-refractivity contribution is -0.126. The second-order valence-electron chi connectivity index (χ2n) is 6.74. The number of hydrogen-bond donors (Lipinski definition) is 1. The highest BCUT2D eigenvalue weighted by molar-refractivity contribution is 6.00. The van der Waals surface area contributed by atoms with E-state index in [0.29, 0.717) is 23.8 Å². The first-order valence-corrected chi connectivity index (χ1v) is 9.07. The van der Waals surface area contributed by atoms with Crippen LogP contribution in [0, 0.1) is 5.92 Å². The molecule has 150 valence electrons. The molecule has 0 radical (unpaired) electrons. The van der Waals surface area contributed by atoms with Gasteiger partial charge in [-0.15, -0.1) is 0 Å². The number of carbonyl (C=O) groups excluding carboxylic acids is 2. The number of nitrogens with one attached hydrogen (secondary N) is 1. The molecule has 1 aliphatic rings. The summed E-state index contributed by atoms with van der Waals surface area (Å²) >= 11 is 0. The molecule has 0 aliphatic carbocycles. The topological polar surface area (TPSA) is 115 Å². The van der Waals surface area contributed by atoms with E-state index < -0.39 is 5.92 Å². The van der Waals surface area contributed by atoms with E-state index in [2.05, 4.69) is 20.6 Å². The summed E-state index contributed by atoms with van der Waals surface area (Å²) in [5.41, 5.74) is 1.44. The van der Waals surface area contributed by atoms with Crippen LogP contribution in [0.1, 0.15) is 12.3 Å². The Bertz CT molecular complexity index is 1040. The third-order valence-corrected chi connectivity index (χ3v) is 4.71. The van der Waals surface area contributed by atoms with E-state index in [1.54, 1.807) is 48.3 Å². The smallest absolute Gasteiger partial charge is 0.246 e. The summed E-state index contributed by atoms with van der Waals surface area (Å²) in [6.45, 7) is 0.401. The Kier molecular flexibility index (Phi) is 4.98. The van der Waals surface area contributed by atoms with Crippen molar-refractivity contribution in [2.75, 3.05) is 18.6 Å². The Morgan fingerprint density at radius 3 is 3.03 bits per heavy atom. The van der Waals surface area contributed by atoms with Crippen molar-refractivity contribution in [1.29, 1.82) is 0 Å². The van der Waals surface area contributed by atoms with Crippen LogP contribution < -0.4 is 15.0 Å². The van der Waals surface area contributed by atoms with Gasteiger partial charge in [-0.3, -0.25) is 14.3 Å². The average Bonchev–Trinajstić information content (AvgIpc) is 3.46. The number of rotatable bonds is 6. The van der Waals surface area contributed by atoms with Gasteiger partial charge < -0.3 is 19.5 Å².